The SMILES string of the molecule is C=CCN(Cc1ccc(C#N)cc1)C(=O)c1sc(NC(=O)c2cccc(F)c2)cc1C. The zero-order valence-electron chi connectivity index (χ0n) is 16.9. The zero-order chi connectivity index (χ0) is 22.4. The number of hydrogen-bond donors (Lipinski definition) is 1. The topological polar surface area (TPSA) is 73.2 Å². The molecule has 0 unspecified atom stereocenters. The second-order valence-corrected chi connectivity index (χ2v) is 7.92. The van der Waals surface area contributed by atoms with E-state index in [2.05, 4.69) is 18.0 Å². The molecule has 0 aliphatic rings. The quantitative estimate of drug-likeness (QED) is 0.524. The number of hydrogen-bond acceptors (Lipinski definition) is 4. The van der Waals surface area contributed by atoms with Gasteiger partial charge in [0.15, 0.2) is 0 Å². The lowest BCUT2D eigenvalue weighted by atomic mass is 10.1. The first-order chi connectivity index (χ1) is 14.9. The summed E-state index contributed by atoms with van der Waals surface area (Å²) in [4.78, 5) is 27.7. The van der Waals surface area contributed by atoms with E-state index in [4.69, 9.17) is 5.26 Å². The molecule has 0 aliphatic carbocycles. The number of amides is 2. The summed E-state index contributed by atoms with van der Waals surface area (Å²) >= 11 is 1.17. The van der Waals surface area contributed by atoms with Gasteiger partial charge < -0.3 is 10.2 Å². The van der Waals surface area contributed by atoms with E-state index in [9.17, 15) is 14.0 Å². The number of rotatable bonds is 7. The number of aryl methyl sites for hydroxylation is 1. The number of nitriles is 1. The third-order valence-corrected chi connectivity index (χ3v) is 5.67. The highest BCUT2D eigenvalue weighted by molar-refractivity contribution is 7.18. The predicted molar refractivity (Wildman–Crippen MR) is 120 cm³/mol. The minimum atomic E-state index is -0.492. The third-order valence-electron chi connectivity index (χ3n) is 4.53. The molecule has 0 bridgehead atoms. The van der Waals surface area contributed by atoms with Crippen LogP contribution in [0.5, 0.6) is 0 Å². The number of anilines is 1. The van der Waals surface area contributed by atoms with Crippen LogP contribution >= 0.6 is 11.3 Å². The summed E-state index contributed by atoms with van der Waals surface area (Å²) < 4.78 is 13.4. The fourth-order valence-electron chi connectivity index (χ4n) is 2.99. The number of halogens is 1. The Bertz CT molecular complexity index is 1160. The van der Waals surface area contributed by atoms with Crippen molar-refractivity contribution in [1.82, 2.24) is 4.90 Å². The molecular weight excluding hydrogens is 413 g/mol. The third kappa shape index (κ3) is 5.44. The predicted octanol–water partition coefficient (Wildman–Crippen LogP) is 5.15. The van der Waals surface area contributed by atoms with Crippen molar-refractivity contribution < 1.29 is 14.0 Å². The molecule has 0 radical (unpaired) electrons. The van der Waals surface area contributed by atoms with E-state index < -0.39 is 11.7 Å². The second-order valence-electron chi connectivity index (χ2n) is 6.87. The first-order valence-corrected chi connectivity index (χ1v) is 10.3. The number of thiophene rings is 1. The highest BCUT2D eigenvalue weighted by Crippen LogP contribution is 2.29. The van der Waals surface area contributed by atoms with Gasteiger partial charge in [-0.3, -0.25) is 9.59 Å². The standard InChI is InChI=1S/C24H20FN3O2S/c1-3-11-28(15-18-9-7-17(14-26)8-10-18)24(30)22-16(2)12-21(31-22)27-23(29)19-5-4-6-20(25)13-19/h3-10,12-13H,1,11,15H2,2H3,(H,27,29). The van der Waals surface area contributed by atoms with E-state index in [-0.39, 0.29) is 11.5 Å². The van der Waals surface area contributed by atoms with Crippen molar-refractivity contribution in [3.05, 3.63) is 100 Å². The molecule has 31 heavy (non-hydrogen) atoms. The largest absolute Gasteiger partial charge is 0.330 e. The van der Waals surface area contributed by atoms with Crippen molar-refractivity contribution >= 4 is 28.2 Å². The number of nitrogens with zero attached hydrogens (tertiary/aromatic N) is 2. The Morgan fingerprint density at radius 1 is 1.23 bits per heavy atom. The van der Waals surface area contributed by atoms with Crippen molar-refractivity contribution in [2.75, 3.05) is 11.9 Å². The average Bonchev–Trinajstić information content (AvgIpc) is 3.13. The summed E-state index contributed by atoms with van der Waals surface area (Å²) in [7, 11) is 0. The van der Waals surface area contributed by atoms with Gasteiger partial charge in [-0.25, -0.2) is 4.39 Å². The summed E-state index contributed by atoms with van der Waals surface area (Å²) in [5.74, 6) is -1.12. The Labute approximate surface area is 184 Å². The van der Waals surface area contributed by atoms with E-state index in [1.165, 1.54) is 29.5 Å². The van der Waals surface area contributed by atoms with Gasteiger partial charge in [-0.15, -0.1) is 17.9 Å². The minimum absolute atomic E-state index is 0.182. The van der Waals surface area contributed by atoms with Crippen LogP contribution in [0.15, 0.2) is 67.3 Å². The molecule has 7 heteroatoms. The molecule has 2 aromatic carbocycles. The van der Waals surface area contributed by atoms with Crippen molar-refractivity contribution in [2.24, 2.45) is 0 Å². The molecule has 1 aromatic heterocycles. The van der Waals surface area contributed by atoms with Gasteiger partial charge in [0, 0.05) is 18.7 Å². The summed E-state index contributed by atoms with van der Waals surface area (Å²) in [5, 5.41) is 12.2. The number of carbonyl (C=O) groups excluding carboxylic acids is 2. The van der Waals surface area contributed by atoms with Crippen LogP contribution < -0.4 is 5.32 Å². The van der Waals surface area contributed by atoms with Crippen LogP contribution in [0.3, 0.4) is 0 Å². The lowest BCUT2D eigenvalue weighted by molar-refractivity contribution is 0.0766. The van der Waals surface area contributed by atoms with Crippen LogP contribution in [0, 0.1) is 24.1 Å². The van der Waals surface area contributed by atoms with Gasteiger partial charge in [0.1, 0.15) is 5.82 Å². The first-order valence-electron chi connectivity index (χ1n) is 9.48. The summed E-state index contributed by atoms with van der Waals surface area (Å²) in [6.07, 6.45) is 1.65. The Kier molecular flexibility index (Phi) is 6.96. The molecule has 156 valence electrons. The number of carbonyl (C=O) groups is 2. The van der Waals surface area contributed by atoms with E-state index in [1.54, 1.807) is 36.1 Å². The smallest absolute Gasteiger partial charge is 0.264 e. The van der Waals surface area contributed by atoms with Crippen LogP contribution in [-0.4, -0.2) is 23.3 Å². The molecule has 5 nitrogen and oxygen atoms in total. The summed E-state index contributed by atoms with van der Waals surface area (Å²) in [5.41, 5.74) is 2.38. The molecule has 0 saturated carbocycles. The summed E-state index contributed by atoms with van der Waals surface area (Å²) in [6, 6.07) is 16.3. The maximum atomic E-state index is 13.4. The molecule has 0 spiro atoms. The van der Waals surface area contributed by atoms with Crippen molar-refractivity contribution in [3.8, 4) is 6.07 Å². The summed E-state index contributed by atoms with van der Waals surface area (Å²) in [6.45, 7) is 6.24. The highest BCUT2D eigenvalue weighted by Gasteiger charge is 2.21. The lowest BCUT2D eigenvalue weighted by Crippen LogP contribution is -2.30. The van der Waals surface area contributed by atoms with Gasteiger partial charge in [0.25, 0.3) is 11.8 Å². The lowest BCUT2D eigenvalue weighted by Gasteiger charge is -2.21. The Morgan fingerprint density at radius 3 is 2.61 bits per heavy atom. The Balaban J connectivity index is 1.77. The van der Waals surface area contributed by atoms with Crippen LogP contribution in [0.25, 0.3) is 0 Å². The van der Waals surface area contributed by atoms with Crippen molar-refractivity contribution in [2.45, 2.75) is 13.5 Å². The molecule has 0 aliphatic heterocycles. The van der Waals surface area contributed by atoms with Gasteiger partial charge in [-0.05, 0) is 54.4 Å². The molecule has 3 aromatic rings. The molecule has 0 saturated heterocycles. The van der Waals surface area contributed by atoms with Gasteiger partial charge in [0.2, 0.25) is 0 Å². The van der Waals surface area contributed by atoms with Gasteiger partial charge in [-0.2, -0.15) is 5.26 Å². The van der Waals surface area contributed by atoms with Crippen LogP contribution in [-0.2, 0) is 6.54 Å². The fourth-order valence-corrected chi connectivity index (χ4v) is 4.03. The van der Waals surface area contributed by atoms with E-state index in [0.29, 0.717) is 28.5 Å². The van der Waals surface area contributed by atoms with E-state index in [0.717, 1.165) is 17.2 Å². The molecule has 0 atom stereocenters. The highest BCUT2D eigenvalue weighted by atomic mass is 32.1. The molecule has 0 fully saturated rings. The molecule has 1 N–H and O–H groups in total. The van der Waals surface area contributed by atoms with Crippen LogP contribution in [0.2, 0.25) is 0 Å². The number of nitrogens with one attached hydrogen (secondary N) is 1. The Hall–Kier alpha value is -3.76. The van der Waals surface area contributed by atoms with Crippen LogP contribution in [0.4, 0.5) is 9.39 Å². The van der Waals surface area contributed by atoms with Gasteiger partial charge in [0.05, 0.1) is 21.5 Å². The average molecular weight is 434 g/mol. The molecule has 1 heterocycles. The second kappa shape index (κ2) is 9.83. The number of benzene rings is 2. The Morgan fingerprint density at radius 2 is 1.97 bits per heavy atom. The maximum absolute atomic E-state index is 13.4. The van der Waals surface area contributed by atoms with E-state index >= 15 is 0 Å². The van der Waals surface area contributed by atoms with E-state index in [1.807, 2.05) is 12.1 Å². The first kappa shape index (κ1) is 21.9. The molecule has 2 amide bonds. The normalized spacial score (nSPS) is 10.2. The van der Waals surface area contributed by atoms with Crippen molar-refractivity contribution in [1.29, 1.82) is 5.26 Å². The van der Waals surface area contributed by atoms with Crippen molar-refractivity contribution in [3.63, 3.8) is 0 Å². The van der Waals surface area contributed by atoms with Gasteiger partial charge >= 0.3 is 0 Å². The monoisotopic (exact) mass is 433 g/mol. The zero-order valence-corrected chi connectivity index (χ0v) is 17.7. The maximum Gasteiger partial charge on any atom is 0.264 e. The molecule has 3 rings (SSSR count). The van der Waals surface area contributed by atoms with Gasteiger partial charge in [-0.1, -0.05) is 24.3 Å². The molecular formula is C24H20FN3O2S. The minimum Gasteiger partial charge on any atom is -0.330 e. The fraction of sp³-hybridized carbons (Fsp3) is 0.125. The van der Waals surface area contributed by atoms with Crippen LogP contribution in [0.1, 0.15) is 36.7 Å².